The van der Waals surface area contributed by atoms with Crippen molar-refractivity contribution in [1.29, 1.82) is 0 Å². The molecule has 0 aromatic carbocycles. The van der Waals surface area contributed by atoms with Crippen LogP contribution in [0.1, 0.15) is 44.1 Å². The molecule has 0 unspecified atom stereocenters. The normalized spacial score (nSPS) is 12.0. The molecule has 0 saturated heterocycles. The molecule has 2 heterocycles. The molecular weight excluding hydrogens is 256 g/mol. The highest BCUT2D eigenvalue weighted by Gasteiger charge is 2.23. The van der Waals surface area contributed by atoms with Crippen molar-refractivity contribution in [2.45, 2.75) is 52.7 Å². The van der Waals surface area contributed by atoms with Crippen molar-refractivity contribution in [2.75, 3.05) is 0 Å². The van der Waals surface area contributed by atoms with E-state index in [9.17, 15) is 0 Å². The minimum absolute atomic E-state index is 0.108. The van der Waals surface area contributed by atoms with E-state index in [-0.39, 0.29) is 5.54 Å². The van der Waals surface area contributed by atoms with Crippen LogP contribution in [0.4, 0.5) is 0 Å². The number of thiazole rings is 1. The first-order valence-electron chi connectivity index (χ1n) is 6.77. The molecule has 0 aliphatic rings. The maximum Gasteiger partial charge on any atom is 0.112 e. The van der Waals surface area contributed by atoms with Crippen molar-refractivity contribution in [3.05, 3.63) is 34.0 Å². The number of hydrogen-bond donors (Lipinski definition) is 1. The Morgan fingerprint density at radius 1 is 1.37 bits per heavy atom. The van der Waals surface area contributed by atoms with Gasteiger partial charge in [0, 0.05) is 24.7 Å². The van der Waals surface area contributed by atoms with Gasteiger partial charge in [0.25, 0.3) is 0 Å². The Bertz CT molecular complexity index is 514. The highest BCUT2D eigenvalue weighted by molar-refractivity contribution is 7.09. The van der Waals surface area contributed by atoms with Gasteiger partial charge < -0.3 is 5.32 Å². The zero-order chi connectivity index (χ0) is 13.9. The van der Waals surface area contributed by atoms with Gasteiger partial charge >= 0.3 is 0 Å². The summed E-state index contributed by atoms with van der Waals surface area (Å²) in [5.41, 5.74) is 2.29. The third-order valence-corrected chi connectivity index (χ3v) is 4.35. The van der Waals surface area contributed by atoms with Gasteiger partial charge in [0.1, 0.15) is 5.01 Å². The van der Waals surface area contributed by atoms with Gasteiger partial charge in [-0.25, -0.2) is 4.98 Å². The van der Waals surface area contributed by atoms with Gasteiger partial charge in [-0.2, -0.15) is 5.10 Å². The molecule has 0 radical (unpaired) electrons. The van der Waals surface area contributed by atoms with Gasteiger partial charge in [0.05, 0.1) is 16.9 Å². The van der Waals surface area contributed by atoms with Crippen LogP contribution in [-0.4, -0.2) is 14.8 Å². The number of nitrogens with one attached hydrogen (secondary N) is 1. The van der Waals surface area contributed by atoms with Crippen LogP contribution in [0.2, 0.25) is 0 Å². The van der Waals surface area contributed by atoms with E-state index < -0.39 is 0 Å². The average Bonchev–Trinajstić information content (AvgIpc) is 3.05. The fraction of sp³-hybridized carbons (Fsp3) is 0.571. The molecule has 2 aromatic heterocycles. The summed E-state index contributed by atoms with van der Waals surface area (Å²) in [6.45, 7) is 10.3. The average molecular weight is 278 g/mol. The second-order valence-corrected chi connectivity index (χ2v) is 6.01. The first-order valence-corrected chi connectivity index (χ1v) is 7.65. The molecule has 0 aliphatic heterocycles. The van der Waals surface area contributed by atoms with E-state index in [4.69, 9.17) is 0 Å². The molecule has 2 rings (SSSR count). The Morgan fingerprint density at radius 3 is 2.74 bits per heavy atom. The van der Waals surface area contributed by atoms with E-state index in [1.54, 1.807) is 11.3 Å². The maximum absolute atomic E-state index is 4.57. The van der Waals surface area contributed by atoms with Crippen LogP contribution < -0.4 is 5.32 Å². The smallest absolute Gasteiger partial charge is 0.112 e. The monoisotopic (exact) mass is 278 g/mol. The van der Waals surface area contributed by atoms with Crippen molar-refractivity contribution >= 4 is 11.3 Å². The van der Waals surface area contributed by atoms with E-state index in [1.807, 2.05) is 11.6 Å². The highest BCUT2D eigenvalue weighted by atomic mass is 32.1. The van der Waals surface area contributed by atoms with E-state index in [0.29, 0.717) is 0 Å². The van der Waals surface area contributed by atoms with Crippen LogP contribution in [-0.2, 0) is 25.0 Å². The van der Waals surface area contributed by atoms with Crippen molar-refractivity contribution in [2.24, 2.45) is 0 Å². The fourth-order valence-electron chi connectivity index (χ4n) is 2.02. The Balaban J connectivity index is 2.08. The lowest BCUT2D eigenvalue weighted by molar-refractivity contribution is 0.390. The minimum Gasteiger partial charge on any atom is -0.300 e. The summed E-state index contributed by atoms with van der Waals surface area (Å²) in [7, 11) is 0. The molecule has 19 heavy (non-hydrogen) atoms. The first-order chi connectivity index (χ1) is 9.06. The molecule has 2 aromatic rings. The van der Waals surface area contributed by atoms with Gasteiger partial charge in [-0.3, -0.25) is 4.68 Å². The van der Waals surface area contributed by atoms with Gasteiger partial charge in [-0.1, -0.05) is 6.92 Å². The zero-order valence-corrected chi connectivity index (χ0v) is 12.9. The Kier molecular flexibility index (Phi) is 4.37. The maximum atomic E-state index is 4.57. The SMILES string of the molecule is CCc1cc(CNC(C)(C)c2nccs2)n(CC)n1. The predicted octanol–water partition coefficient (Wildman–Crippen LogP) is 2.95. The van der Waals surface area contributed by atoms with Crippen LogP contribution in [0.3, 0.4) is 0 Å². The number of nitrogens with zero attached hydrogens (tertiary/aromatic N) is 3. The molecule has 1 N–H and O–H groups in total. The predicted molar refractivity (Wildman–Crippen MR) is 79.3 cm³/mol. The molecule has 0 amide bonds. The van der Waals surface area contributed by atoms with Crippen LogP contribution >= 0.6 is 11.3 Å². The van der Waals surface area contributed by atoms with Crippen LogP contribution in [0.5, 0.6) is 0 Å². The van der Waals surface area contributed by atoms with Gasteiger partial charge in [0.2, 0.25) is 0 Å². The molecule has 5 heteroatoms. The first kappa shape index (κ1) is 14.2. The van der Waals surface area contributed by atoms with Crippen LogP contribution in [0.15, 0.2) is 17.6 Å². The fourth-order valence-corrected chi connectivity index (χ4v) is 2.76. The largest absolute Gasteiger partial charge is 0.300 e. The molecule has 0 bridgehead atoms. The van der Waals surface area contributed by atoms with E-state index >= 15 is 0 Å². The zero-order valence-electron chi connectivity index (χ0n) is 12.1. The lowest BCUT2D eigenvalue weighted by Gasteiger charge is -2.24. The number of rotatable bonds is 6. The molecule has 4 nitrogen and oxygen atoms in total. The Hall–Kier alpha value is -1.20. The van der Waals surface area contributed by atoms with Crippen molar-refractivity contribution in [3.8, 4) is 0 Å². The van der Waals surface area contributed by atoms with Crippen LogP contribution in [0, 0.1) is 0 Å². The third-order valence-electron chi connectivity index (χ3n) is 3.25. The second kappa shape index (κ2) is 5.84. The van der Waals surface area contributed by atoms with Gasteiger partial charge in [-0.15, -0.1) is 11.3 Å². The third kappa shape index (κ3) is 3.22. The molecule has 0 spiro atoms. The Morgan fingerprint density at radius 2 is 2.16 bits per heavy atom. The molecular formula is C14H22N4S. The van der Waals surface area contributed by atoms with Crippen LogP contribution in [0.25, 0.3) is 0 Å². The lowest BCUT2D eigenvalue weighted by atomic mass is 10.1. The summed E-state index contributed by atoms with van der Waals surface area (Å²) in [6.07, 6.45) is 2.84. The van der Waals surface area contributed by atoms with Crippen molar-refractivity contribution in [1.82, 2.24) is 20.1 Å². The molecule has 0 aliphatic carbocycles. The second-order valence-electron chi connectivity index (χ2n) is 5.11. The summed E-state index contributed by atoms with van der Waals surface area (Å²) in [4.78, 5) is 4.40. The summed E-state index contributed by atoms with van der Waals surface area (Å²) in [5, 5.41) is 11.3. The molecule has 0 fully saturated rings. The van der Waals surface area contributed by atoms with Gasteiger partial charge in [-0.05, 0) is 33.3 Å². The number of aromatic nitrogens is 3. The summed E-state index contributed by atoms with van der Waals surface area (Å²) >= 11 is 1.69. The van der Waals surface area contributed by atoms with Crippen molar-refractivity contribution in [3.63, 3.8) is 0 Å². The van der Waals surface area contributed by atoms with Gasteiger partial charge in [0.15, 0.2) is 0 Å². The topological polar surface area (TPSA) is 42.7 Å². The standard InChI is InChI=1S/C14H22N4S/c1-5-11-9-12(18(6-2)17-11)10-16-14(3,4)13-15-7-8-19-13/h7-9,16H,5-6,10H2,1-4H3. The van der Waals surface area contributed by atoms with E-state index in [0.717, 1.165) is 30.2 Å². The lowest BCUT2D eigenvalue weighted by Crippen LogP contribution is -2.36. The Labute approximate surface area is 118 Å². The van der Waals surface area contributed by atoms with E-state index in [2.05, 4.69) is 53.8 Å². The summed E-state index contributed by atoms with van der Waals surface area (Å²) in [5.74, 6) is 0. The minimum atomic E-state index is -0.108. The van der Waals surface area contributed by atoms with E-state index in [1.165, 1.54) is 5.69 Å². The highest BCUT2D eigenvalue weighted by Crippen LogP contribution is 2.22. The summed E-state index contributed by atoms with van der Waals surface area (Å²) in [6, 6.07) is 2.19. The molecule has 104 valence electrons. The molecule has 0 atom stereocenters. The van der Waals surface area contributed by atoms with Crippen molar-refractivity contribution < 1.29 is 0 Å². The number of aryl methyl sites for hydroxylation is 2. The summed E-state index contributed by atoms with van der Waals surface area (Å²) < 4.78 is 2.07. The molecule has 0 saturated carbocycles. The quantitative estimate of drug-likeness (QED) is 0.883. The number of hydrogen-bond acceptors (Lipinski definition) is 4.